The highest BCUT2D eigenvalue weighted by Gasteiger charge is 2.29. The number of hydrogen-bond donors (Lipinski definition) is 1. The Morgan fingerprint density at radius 2 is 2.19 bits per heavy atom. The Kier molecular flexibility index (Phi) is 5.30. The van der Waals surface area contributed by atoms with E-state index in [0.29, 0.717) is 13.0 Å². The minimum Gasteiger partial charge on any atom is -0.314 e. The van der Waals surface area contributed by atoms with Gasteiger partial charge in [0, 0.05) is 42.3 Å². The molecule has 2 rings (SSSR count). The van der Waals surface area contributed by atoms with Crippen LogP contribution in [0.4, 0.5) is 13.2 Å². The third kappa shape index (κ3) is 5.43. The summed E-state index contributed by atoms with van der Waals surface area (Å²) < 4.78 is 36.6. The molecule has 0 saturated carbocycles. The summed E-state index contributed by atoms with van der Waals surface area (Å²) in [6, 6.07) is 3.19. The molecular formula is C14H16F3N3S. The van der Waals surface area contributed by atoms with Crippen LogP contribution in [0, 0.1) is 0 Å². The summed E-state index contributed by atoms with van der Waals surface area (Å²) in [4.78, 5) is 8.51. The largest absolute Gasteiger partial charge is 0.390 e. The molecule has 1 atom stereocenters. The van der Waals surface area contributed by atoms with Gasteiger partial charge in [-0.1, -0.05) is 0 Å². The number of hydrogen-bond acceptors (Lipinski definition) is 4. The molecule has 2 aromatic rings. The number of alkyl halides is 3. The van der Waals surface area contributed by atoms with Crippen LogP contribution in [-0.4, -0.2) is 28.7 Å². The van der Waals surface area contributed by atoms with Crippen molar-refractivity contribution >= 4 is 11.3 Å². The van der Waals surface area contributed by atoms with Crippen molar-refractivity contribution < 1.29 is 13.2 Å². The molecule has 0 saturated heterocycles. The molecule has 114 valence electrons. The molecule has 0 spiro atoms. The molecule has 1 N–H and O–H groups in total. The van der Waals surface area contributed by atoms with Gasteiger partial charge in [0.05, 0.1) is 12.1 Å². The zero-order valence-corrected chi connectivity index (χ0v) is 12.3. The molecule has 0 aliphatic heterocycles. The van der Waals surface area contributed by atoms with Gasteiger partial charge in [0.2, 0.25) is 0 Å². The smallest absolute Gasteiger partial charge is 0.314 e. The number of aromatic nitrogens is 2. The molecule has 0 aliphatic carbocycles. The Morgan fingerprint density at radius 3 is 2.86 bits per heavy atom. The molecule has 0 radical (unpaired) electrons. The molecule has 7 heteroatoms. The van der Waals surface area contributed by atoms with Gasteiger partial charge in [0.1, 0.15) is 5.01 Å². The van der Waals surface area contributed by atoms with E-state index in [-0.39, 0.29) is 0 Å². The maximum Gasteiger partial charge on any atom is 0.390 e. The van der Waals surface area contributed by atoms with Crippen molar-refractivity contribution in [1.29, 1.82) is 0 Å². The summed E-state index contributed by atoms with van der Waals surface area (Å²) in [5.41, 5.74) is 1.83. The van der Waals surface area contributed by atoms with Crippen molar-refractivity contribution in [3.05, 3.63) is 35.6 Å². The van der Waals surface area contributed by atoms with Crippen LogP contribution < -0.4 is 5.32 Å². The van der Waals surface area contributed by atoms with Gasteiger partial charge in [-0.2, -0.15) is 13.2 Å². The molecule has 21 heavy (non-hydrogen) atoms. The minimum atomic E-state index is -4.12. The summed E-state index contributed by atoms with van der Waals surface area (Å²) >= 11 is 1.51. The first-order valence-electron chi connectivity index (χ1n) is 6.59. The first kappa shape index (κ1) is 15.9. The van der Waals surface area contributed by atoms with Crippen molar-refractivity contribution in [3.8, 4) is 10.6 Å². The van der Waals surface area contributed by atoms with Crippen LogP contribution in [0.5, 0.6) is 0 Å². The van der Waals surface area contributed by atoms with Crippen LogP contribution in [0.2, 0.25) is 0 Å². The zero-order valence-electron chi connectivity index (χ0n) is 11.5. The Balaban J connectivity index is 1.81. The van der Waals surface area contributed by atoms with E-state index < -0.39 is 18.6 Å². The van der Waals surface area contributed by atoms with E-state index >= 15 is 0 Å². The summed E-state index contributed by atoms with van der Waals surface area (Å²) in [5.74, 6) is 0. The molecule has 2 aromatic heterocycles. The lowest BCUT2D eigenvalue weighted by atomic mass is 10.2. The van der Waals surface area contributed by atoms with Gasteiger partial charge in [-0.25, -0.2) is 4.98 Å². The van der Waals surface area contributed by atoms with E-state index in [1.165, 1.54) is 18.3 Å². The van der Waals surface area contributed by atoms with Crippen molar-refractivity contribution in [3.63, 3.8) is 0 Å². The van der Waals surface area contributed by atoms with Crippen molar-refractivity contribution in [2.75, 3.05) is 6.54 Å². The fraction of sp³-hybridized carbons (Fsp3) is 0.429. The zero-order chi connectivity index (χ0) is 15.3. The van der Waals surface area contributed by atoms with Crippen LogP contribution in [0.15, 0.2) is 29.9 Å². The van der Waals surface area contributed by atoms with Crippen LogP contribution in [-0.2, 0) is 6.42 Å². The lowest BCUT2D eigenvalue weighted by Crippen LogP contribution is -2.32. The molecule has 0 aromatic carbocycles. The summed E-state index contributed by atoms with van der Waals surface area (Å²) in [6.07, 6.45) is -0.888. The monoisotopic (exact) mass is 315 g/mol. The van der Waals surface area contributed by atoms with E-state index in [2.05, 4.69) is 15.3 Å². The SMILES string of the molecule is C[C@H](CC(F)(F)F)NCCc1csc(-c2cccnc2)n1. The lowest BCUT2D eigenvalue weighted by molar-refractivity contribution is -0.138. The quantitative estimate of drug-likeness (QED) is 0.883. The predicted octanol–water partition coefficient (Wildman–Crippen LogP) is 3.68. The molecule has 3 nitrogen and oxygen atoms in total. The van der Waals surface area contributed by atoms with Gasteiger partial charge < -0.3 is 5.32 Å². The van der Waals surface area contributed by atoms with Crippen LogP contribution in [0.3, 0.4) is 0 Å². The number of thiazole rings is 1. The topological polar surface area (TPSA) is 37.8 Å². The summed E-state index contributed by atoms with van der Waals surface area (Å²) in [5, 5.41) is 5.67. The molecule has 0 bridgehead atoms. The maximum atomic E-state index is 12.2. The van der Waals surface area contributed by atoms with E-state index in [0.717, 1.165) is 16.3 Å². The second-order valence-corrected chi connectivity index (χ2v) is 5.67. The Morgan fingerprint density at radius 1 is 1.38 bits per heavy atom. The fourth-order valence-electron chi connectivity index (χ4n) is 1.91. The number of nitrogens with zero attached hydrogens (tertiary/aromatic N) is 2. The maximum absolute atomic E-state index is 12.2. The number of rotatable bonds is 6. The van der Waals surface area contributed by atoms with Gasteiger partial charge in [-0.05, 0) is 19.1 Å². The van der Waals surface area contributed by atoms with Gasteiger partial charge in [0.25, 0.3) is 0 Å². The highest BCUT2D eigenvalue weighted by atomic mass is 32.1. The number of pyridine rings is 1. The molecule has 0 fully saturated rings. The highest BCUT2D eigenvalue weighted by molar-refractivity contribution is 7.13. The van der Waals surface area contributed by atoms with Crippen molar-refractivity contribution in [1.82, 2.24) is 15.3 Å². The predicted molar refractivity (Wildman–Crippen MR) is 77.2 cm³/mol. The molecular weight excluding hydrogens is 299 g/mol. The van der Waals surface area contributed by atoms with Gasteiger partial charge in [-0.15, -0.1) is 11.3 Å². The third-order valence-corrected chi connectivity index (χ3v) is 3.81. The van der Waals surface area contributed by atoms with Gasteiger partial charge in [-0.3, -0.25) is 4.98 Å². The molecule has 2 heterocycles. The van der Waals surface area contributed by atoms with Crippen LogP contribution >= 0.6 is 11.3 Å². The Hall–Kier alpha value is -1.47. The van der Waals surface area contributed by atoms with Crippen LogP contribution in [0.1, 0.15) is 19.0 Å². The highest BCUT2D eigenvalue weighted by Crippen LogP contribution is 2.23. The lowest BCUT2D eigenvalue weighted by Gasteiger charge is -2.15. The minimum absolute atomic E-state index is 0.480. The second-order valence-electron chi connectivity index (χ2n) is 4.81. The number of halogens is 3. The summed E-state index contributed by atoms with van der Waals surface area (Å²) in [6.45, 7) is 2.02. The van der Waals surface area contributed by atoms with E-state index in [1.807, 2.05) is 17.5 Å². The van der Waals surface area contributed by atoms with E-state index in [9.17, 15) is 13.2 Å². The average molecular weight is 315 g/mol. The first-order valence-corrected chi connectivity index (χ1v) is 7.47. The normalized spacial score (nSPS) is 13.3. The second kappa shape index (κ2) is 7.00. The molecule has 0 aliphatic rings. The Bertz CT molecular complexity index is 554. The van der Waals surface area contributed by atoms with Crippen molar-refractivity contribution in [2.24, 2.45) is 0 Å². The van der Waals surface area contributed by atoms with E-state index in [4.69, 9.17) is 0 Å². The third-order valence-electron chi connectivity index (χ3n) is 2.87. The summed E-state index contributed by atoms with van der Waals surface area (Å²) in [7, 11) is 0. The number of nitrogens with one attached hydrogen (secondary N) is 1. The van der Waals surface area contributed by atoms with Crippen LogP contribution in [0.25, 0.3) is 10.6 Å². The van der Waals surface area contributed by atoms with Crippen molar-refractivity contribution in [2.45, 2.75) is 32.0 Å². The average Bonchev–Trinajstić information content (AvgIpc) is 2.86. The Labute approximate surface area is 125 Å². The fourth-order valence-corrected chi connectivity index (χ4v) is 2.75. The first-order chi connectivity index (χ1) is 9.94. The van der Waals surface area contributed by atoms with Gasteiger partial charge in [0.15, 0.2) is 0 Å². The van der Waals surface area contributed by atoms with E-state index in [1.54, 1.807) is 12.4 Å². The van der Waals surface area contributed by atoms with Gasteiger partial charge >= 0.3 is 6.18 Å². The standard InChI is InChI=1S/C14H16F3N3S/c1-10(7-14(15,16)17)19-6-4-12-9-21-13(20-12)11-3-2-5-18-8-11/h2-3,5,8-10,19H,4,6-7H2,1H3/t10-/m1/s1. The molecule has 0 unspecified atom stereocenters. The molecule has 0 amide bonds.